The van der Waals surface area contributed by atoms with Crippen molar-refractivity contribution < 1.29 is 19.2 Å². The van der Waals surface area contributed by atoms with E-state index in [1.807, 2.05) is 10.1 Å². The zero-order valence-electron chi connectivity index (χ0n) is 10.8. The van der Waals surface area contributed by atoms with E-state index in [1.165, 1.54) is 6.42 Å². The van der Waals surface area contributed by atoms with Crippen LogP contribution in [0, 0.1) is 5.92 Å². The molecule has 5 aliphatic heterocycles. The average Bonchev–Trinajstić information content (AvgIpc) is 3.06. The highest BCUT2D eigenvalue weighted by Crippen LogP contribution is 2.52. The van der Waals surface area contributed by atoms with Crippen molar-refractivity contribution in [3.8, 4) is 0 Å². The van der Waals surface area contributed by atoms with Crippen molar-refractivity contribution in [2.45, 2.75) is 56.1 Å². The smallest absolute Gasteiger partial charge is 0.316 e. The molecule has 5 aliphatic rings. The molecule has 5 atom stereocenters. The van der Waals surface area contributed by atoms with Gasteiger partial charge in [-0.05, 0) is 25.7 Å². The van der Waals surface area contributed by atoms with Gasteiger partial charge in [0.2, 0.25) is 0 Å². The molecule has 0 aliphatic carbocycles. The number of hydrogen-bond acceptors (Lipinski definition) is 6. The molecule has 0 radical (unpaired) electrons. The van der Waals surface area contributed by atoms with Crippen molar-refractivity contribution in [3.05, 3.63) is 0 Å². The molecular formula is C13H18N2O4. The summed E-state index contributed by atoms with van der Waals surface area (Å²) in [5, 5.41) is 3.99. The molecule has 0 saturated carbocycles. The maximum Gasteiger partial charge on any atom is 0.316 e. The van der Waals surface area contributed by atoms with Crippen molar-refractivity contribution >= 4 is 5.97 Å². The maximum atomic E-state index is 12.3. The molecule has 6 nitrogen and oxygen atoms in total. The molecule has 5 fully saturated rings. The van der Waals surface area contributed by atoms with Gasteiger partial charge in [0.1, 0.15) is 5.92 Å². The van der Waals surface area contributed by atoms with E-state index >= 15 is 0 Å². The van der Waals surface area contributed by atoms with Crippen LogP contribution in [0.4, 0.5) is 0 Å². The fraction of sp³-hybridized carbons (Fsp3) is 0.923. The van der Waals surface area contributed by atoms with Crippen LogP contribution in [-0.2, 0) is 19.2 Å². The third-order valence-corrected chi connectivity index (χ3v) is 5.33. The summed E-state index contributed by atoms with van der Waals surface area (Å²) in [7, 11) is 0. The minimum Gasteiger partial charge on any atom is -0.428 e. The molecule has 5 saturated heterocycles. The third-order valence-electron chi connectivity index (χ3n) is 5.33. The average molecular weight is 266 g/mol. The molecule has 19 heavy (non-hydrogen) atoms. The van der Waals surface area contributed by atoms with Crippen molar-refractivity contribution in [2.24, 2.45) is 5.92 Å². The summed E-state index contributed by atoms with van der Waals surface area (Å²) in [5.74, 6) is -1.11. The van der Waals surface area contributed by atoms with Gasteiger partial charge in [0.25, 0.3) is 5.79 Å². The van der Waals surface area contributed by atoms with Gasteiger partial charge in [0, 0.05) is 25.6 Å². The Morgan fingerprint density at radius 2 is 2.00 bits per heavy atom. The third kappa shape index (κ3) is 1.28. The topological polar surface area (TPSA) is 51.2 Å². The highest BCUT2D eigenvalue weighted by atomic mass is 16.9. The Morgan fingerprint density at radius 3 is 2.89 bits per heavy atom. The summed E-state index contributed by atoms with van der Waals surface area (Å²) < 4.78 is 5.67. The Labute approximate surface area is 111 Å². The number of nitrogens with zero attached hydrogens (tertiary/aromatic N) is 2. The van der Waals surface area contributed by atoms with Crippen LogP contribution in [0.15, 0.2) is 0 Å². The molecular weight excluding hydrogens is 248 g/mol. The minimum atomic E-state index is -0.836. The molecule has 6 heteroatoms. The predicted octanol–water partition coefficient (Wildman–Crippen LogP) is 0.434. The highest BCUT2D eigenvalue weighted by molar-refractivity contribution is 5.77. The number of fused-ring (bicyclic) bond motifs is 5. The van der Waals surface area contributed by atoms with E-state index in [-0.39, 0.29) is 24.0 Å². The van der Waals surface area contributed by atoms with E-state index in [0.29, 0.717) is 6.04 Å². The summed E-state index contributed by atoms with van der Waals surface area (Å²) in [5.41, 5.74) is 0. The number of carbonyl (C=O) groups excluding carboxylic acids is 1. The molecule has 104 valence electrons. The molecule has 0 aromatic carbocycles. The fourth-order valence-corrected chi connectivity index (χ4v) is 4.53. The van der Waals surface area contributed by atoms with Gasteiger partial charge in [-0.3, -0.25) is 9.63 Å². The Kier molecular flexibility index (Phi) is 2.03. The first kappa shape index (κ1) is 11.0. The van der Waals surface area contributed by atoms with Crippen LogP contribution in [0.25, 0.3) is 0 Å². The lowest BCUT2D eigenvalue weighted by Gasteiger charge is -2.28. The van der Waals surface area contributed by atoms with E-state index in [4.69, 9.17) is 14.4 Å². The Hall–Kier alpha value is -0.690. The van der Waals surface area contributed by atoms with E-state index in [1.54, 1.807) is 0 Å². The van der Waals surface area contributed by atoms with Crippen LogP contribution in [0.1, 0.15) is 32.1 Å². The molecule has 0 unspecified atom stereocenters. The molecule has 5 rings (SSSR count). The number of esters is 1. The second kappa shape index (κ2) is 3.49. The van der Waals surface area contributed by atoms with Gasteiger partial charge in [-0.1, -0.05) is 0 Å². The van der Waals surface area contributed by atoms with Crippen molar-refractivity contribution in [3.63, 3.8) is 0 Å². The van der Waals surface area contributed by atoms with E-state index in [2.05, 4.69) is 0 Å². The van der Waals surface area contributed by atoms with Gasteiger partial charge in [0.15, 0.2) is 6.10 Å². The summed E-state index contributed by atoms with van der Waals surface area (Å²) in [6.07, 6.45) is 4.95. The van der Waals surface area contributed by atoms with Crippen LogP contribution < -0.4 is 0 Å². The van der Waals surface area contributed by atoms with Gasteiger partial charge >= 0.3 is 5.97 Å². The maximum absolute atomic E-state index is 12.3. The molecule has 5 heterocycles. The van der Waals surface area contributed by atoms with Gasteiger partial charge in [-0.2, -0.15) is 10.1 Å². The lowest BCUT2D eigenvalue weighted by molar-refractivity contribution is -0.325. The van der Waals surface area contributed by atoms with Crippen molar-refractivity contribution in [1.82, 2.24) is 10.1 Å². The minimum absolute atomic E-state index is 0.124. The van der Waals surface area contributed by atoms with Crippen molar-refractivity contribution in [2.75, 3.05) is 13.1 Å². The molecule has 0 aromatic rings. The SMILES string of the molecule is O=C1O[C@]2(C[C@@H]3CCCN3O2)[C@H]2ON3CCC[C@@H]3[C@@H]12. The summed E-state index contributed by atoms with van der Waals surface area (Å²) in [4.78, 5) is 24.3. The van der Waals surface area contributed by atoms with Gasteiger partial charge < -0.3 is 4.74 Å². The van der Waals surface area contributed by atoms with Crippen LogP contribution in [-0.4, -0.2) is 53.2 Å². The number of carbonyl (C=O) groups is 1. The summed E-state index contributed by atoms with van der Waals surface area (Å²) in [6.45, 7) is 1.86. The molecule has 0 bridgehead atoms. The lowest BCUT2D eigenvalue weighted by Crippen LogP contribution is -2.43. The standard InChI is InChI=1S/C13H18N2O4/c16-12-10-9-4-2-6-15(9)18-11(10)13(17-12)7-8-3-1-5-14(8)19-13/h8-11H,1-7H2/t8-,9+,10+,11-,13-/m0/s1. The first-order valence-corrected chi connectivity index (χ1v) is 7.39. The van der Waals surface area contributed by atoms with Crippen LogP contribution in [0.2, 0.25) is 0 Å². The monoisotopic (exact) mass is 266 g/mol. The normalized spacial score (nSPS) is 52.7. The first-order chi connectivity index (χ1) is 9.27. The predicted molar refractivity (Wildman–Crippen MR) is 62.3 cm³/mol. The quantitative estimate of drug-likeness (QED) is 0.593. The molecule has 0 aromatic heterocycles. The Morgan fingerprint density at radius 1 is 1.16 bits per heavy atom. The van der Waals surface area contributed by atoms with Gasteiger partial charge in [0.05, 0.1) is 6.04 Å². The number of ether oxygens (including phenoxy) is 1. The van der Waals surface area contributed by atoms with Crippen LogP contribution in [0.5, 0.6) is 0 Å². The zero-order valence-corrected chi connectivity index (χ0v) is 10.8. The highest BCUT2D eigenvalue weighted by Gasteiger charge is 2.70. The summed E-state index contributed by atoms with van der Waals surface area (Å²) >= 11 is 0. The van der Waals surface area contributed by atoms with Gasteiger partial charge in [-0.25, -0.2) is 4.84 Å². The lowest BCUT2D eigenvalue weighted by atomic mass is 9.89. The zero-order chi connectivity index (χ0) is 12.6. The molecule has 0 amide bonds. The van der Waals surface area contributed by atoms with Gasteiger partial charge in [-0.15, -0.1) is 0 Å². The fourth-order valence-electron chi connectivity index (χ4n) is 4.53. The number of hydroxylamine groups is 4. The van der Waals surface area contributed by atoms with E-state index in [9.17, 15) is 4.79 Å². The second-order valence-electron chi connectivity index (χ2n) is 6.37. The largest absolute Gasteiger partial charge is 0.428 e. The summed E-state index contributed by atoms with van der Waals surface area (Å²) in [6, 6.07) is 0.599. The molecule has 0 N–H and O–H groups in total. The van der Waals surface area contributed by atoms with Crippen LogP contribution in [0.3, 0.4) is 0 Å². The van der Waals surface area contributed by atoms with Crippen LogP contribution >= 0.6 is 0 Å². The number of rotatable bonds is 0. The first-order valence-electron chi connectivity index (χ1n) is 7.39. The Balaban J connectivity index is 1.48. The molecule has 1 spiro atoms. The van der Waals surface area contributed by atoms with E-state index < -0.39 is 5.79 Å². The van der Waals surface area contributed by atoms with Crippen molar-refractivity contribution in [1.29, 1.82) is 0 Å². The van der Waals surface area contributed by atoms with E-state index in [0.717, 1.165) is 38.8 Å². The second-order valence-corrected chi connectivity index (χ2v) is 6.37. The number of hydrogen-bond donors (Lipinski definition) is 0. The Bertz CT molecular complexity index is 430.